The number of benzene rings is 2. The minimum Gasteiger partial charge on any atom is -0.497 e. The molecule has 1 aliphatic heterocycles. The molecule has 3 atom stereocenters. The number of urea groups is 1. The molecule has 0 aliphatic carbocycles. The Morgan fingerprint density at radius 2 is 1.86 bits per heavy atom. The van der Waals surface area contributed by atoms with Crippen LogP contribution in [0.1, 0.15) is 40.5 Å². The van der Waals surface area contributed by atoms with Crippen molar-refractivity contribution >= 4 is 34.3 Å². The molecule has 9 nitrogen and oxygen atoms in total. The monoisotopic (exact) mass is 507 g/mol. The lowest BCUT2D eigenvalue weighted by Gasteiger charge is -2.31. The number of rotatable bonds is 9. The number of nitrogens with zero attached hydrogens (tertiary/aromatic N) is 3. The number of imide groups is 1. The summed E-state index contributed by atoms with van der Waals surface area (Å²) in [6, 6.07) is 15.1. The summed E-state index contributed by atoms with van der Waals surface area (Å²) in [5, 5.41) is 8.31. The molecule has 188 valence electrons. The van der Waals surface area contributed by atoms with Crippen LogP contribution in [0.15, 0.2) is 60.0 Å². The van der Waals surface area contributed by atoms with Gasteiger partial charge >= 0.3 is 6.03 Å². The van der Waals surface area contributed by atoms with E-state index in [-0.39, 0.29) is 24.3 Å². The quantitative estimate of drug-likeness (QED) is 0.428. The fourth-order valence-electron chi connectivity index (χ4n) is 4.17. The van der Waals surface area contributed by atoms with E-state index in [0.717, 1.165) is 5.56 Å². The van der Waals surface area contributed by atoms with E-state index in [2.05, 4.69) is 15.6 Å². The number of hydrogen-bond donors (Lipinski definition) is 2. The number of hydrogen-bond acceptors (Lipinski definition) is 7. The summed E-state index contributed by atoms with van der Waals surface area (Å²) in [6.45, 7) is 2.26. The number of carbonyl (C=O) groups is 3. The zero-order valence-electron chi connectivity index (χ0n) is 20.6. The van der Waals surface area contributed by atoms with Crippen LogP contribution >= 0.6 is 11.3 Å². The molecule has 0 spiro atoms. The second-order valence-corrected chi connectivity index (χ2v) is 9.61. The molecule has 0 unspecified atom stereocenters. The topological polar surface area (TPSA) is 104 Å². The third-order valence-corrected chi connectivity index (χ3v) is 7.05. The van der Waals surface area contributed by atoms with Crippen molar-refractivity contribution in [3.63, 3.8) is 0 Å². The molecule has 1 saturated heterocycles. The lowest BCUT2D eigenvalue weighted by molar-refractivity contribution is -0.129. The average molecular weight is 508 g/mol. The molecule has 36 heavy (non-hydrogen) atoms. The van der Waals surface area contributed by atoms with Crippen molar-refractivity contribution in [1.29, 1.82) is 0 Å². The summed E-state index contributed by atoms with van der Waals surface area (Å²) in [4.78, 5) is 46.0. The van der Waals surface area contributed by atoms with Gasteiger partial charge in [0.1, 0.15) is 17.5 Å². The van der Waals surface area contributed by atoms with E-state index < -0.39 is 18.1 Å². The second kappa shape index (κ2) is 10.8. The van der Waals surface area contributed by atoms with E-state index in [9.17, 15) is 14.4 Å². The van der Waals surface area contributed by atoms with E-state index in [1.54, 1.807) is 50.9 Å². The summed E-state index contributed by atoms with van der Waals surface area (Å²) in [5.41, 5.74) is 2.03. The van der Waals surface area contributed by atoms with Gasteiger partial charge in [-0.05, 0) is 23.3 Å². The molecule has 0 radical (unpaired) electrons. The molecule has 2 heterocycles. The zero-order chi connectivity index (χ0) is 25.8. The van der Waals surface area contributed by atoms with Crippen molar-refractivity contribution in [3.05, 3.63) is 76.8 Å². The minimum atomic E-state index is -0.780. The lowest BCUT2D eigenvalue weighted by Crippen LogP contribution is -2.47. The van der Waals surface area contributed by atoms with Gasteiger partial charge in [0, 0.05) is 31.9 Å². The van der Waals surface area contributed by atoms with Crippen molar-refractivity contribution in [2.24, 2.45) is 0 Å². The van der Waals surface area contributed by atoms with Crippen LogP contribution in [0, 0.1) is 0 Å². The summed E-state index contributed by atoms with van der Waals surface area (Å²) >= 11 is 1.30. The molecule has 4 rings (SSSR count). The van der Waals surface area contributed by atoms with Crippen molar-refractivity contribution < 1.29 is 19.1 Å². The van der Waals surface area contributed by atoms with E-state index in [1.165, 1.54) is 21.1 Å². The molecule has 1 fully saturated rings. The van der Waals surface area contributed by atoms with E-state index in [1.807, 2.05) is 37.3 Å². The summed E-state index contributed by atoms with van der Waals surface area (Å²) in [5.74, 6) is 0.000810. The SMILES string of the molecule is COc1ccc([C@H]2NC(=O)N([C@H](CNc3nc(C(=O)N(C)C)cs3)[C@@H](C)c3ccccc3)C2=O)cc1. The van der Waals surface area contributed by atoms with Gasteiger partial charge in [-0.25, -0.2) is 9.78 Å². The maximum atomic E-state index is 13.5. The molecule has 1 aliphatic rings. The molecule has 0 saturated carbocycles. The van der Waals surface area contributed by atoms with Crippen LogP contribution < -0.4 is 15.4 Å². The molecule has 2 aromatic carbocycles. The Morgan fingerprint density at radius 1 is 1.17 bits per heavy atom. The highest BCUT2D eigenvalue weighted by Crippen LogP contribution is 2.31. The number of anilines is 1. The predicted octanol–water partition coefficient (Wildman–Crippen LogP) is 3.73. The fraction of sp³-hybridized carbons (Fsp3) is 0.308. The number of carbonyl (C=O) groups excluding carboxylic acids is 3. The Labute approximate surface area is 214 Å². The highest BCUT2D eigenvalue weighted by atomic mass is 32.1. The van der Waals surface area contributed by atoms with Gasteiger partial charge in [-0.1, -0.05) is 49.4 Å². The first-order valence-electron chi connectivity index (χ1n) is 11.5. The van der Waals surface area contributed by atoms with Crippen LogP contribution in [0.5, 0.6) is 5.75 Å². The van der Waals surface area contributed by atoms with Gasteiger partial charge in [-0.2, -0.15) is 0 Å². The summed E-state index contributed by atoms with van der Waals surface area (Å²) in [6.07, 6.45) is 0. The van der Waals surface area contributed by atoms with Crippen LogP contribution in [-0.4, -0.2) is 66.4 Å². The van der Waals surface area contributed by atoms with E-state index in [0.29, 0.717) is 22.1 Å². The van der Waals surface area contributed by atoms with Crippen LogP contribution in [-0.2, 0) is 4.79 Å². The molecule has 2 N–H and O–H groups in total. The minimum absolute atomic E-state index is 0.161. The summed E-state index contributed by atoms with van der Waals surface area (Å²) < 4.78 is 5.20. The van der Waals surface area contributed by atoms with Crippen LogP contribution in [0.25, 0.3) is 0 Å². The Hall–Kier alpha value is -3.92. The number of methoxy groups -OCH3 is 1. The van der Waals surface area contributed by atoms with Crippen molar-refractivity contribution in [2.45, 2.75) is 24.9 Å². The highest BCUT2D eigenvalue weighted by Gasteiger charge is 2.44. The first-order chi connectivity index (χ1) is 17.3. The molecule has 4 amide bonds. The van der Waals surface area contributed by atoms with Gasteiger partial charge in [-0.15, -0.1) is 11.3 Å². The standard InChI is InChI=1S/C26H29N5O4S/c1-16(17-8-6-5-7-9-17)21(14-27-25-28-20(15-36-25)23(32)30(2)3)31-24(33)22(29-26(31)34)18-10-12-19(35-4)13-11-18/h5-13,15-16,21-22H,14H2,1-4H3,(H,27,28)(H,29,34)/t16-,21+,22+/m0/s1. The number of amides is 4. The van der Waals surface area contributed by atoms with Crippen LogP contribution in [0.2, 0.25) is 0 Å². The Bertz CT molecular complexity index is 1230. The summed E-state index contributed by atoms with van der Waals surface area (Å²) in [7, 11) is 4.91. The average Bonchev–Trinajstić information content (AvgIpc) is 3.48. The highest BCUT2D eigenvalue weighted by molar-refractivity contribution is 7.13. The molecular weight excluding hydrogens is 478 g/mol. The van der Waals surface area contributed by atoms with Gasteiger partial charge in [0.05, 0.1) is 13.2 Å². The lowest BCUT2D eigenvalue weighted by atomic mass is 9.92. The molecule has 0 bridgehead atoms. The van der Waals surface area contributed by atoms with E-state index in [4.69, 9.17) is 4.74 Å². The normalized spacial score (nSPS) is 16.9. The van der Waals surface area contributed by atoms with Gasteiger partial charge in [-0.3, -0.25) is 14.5 Å². The van der Waals surface area contributed by atoms with Crippen LogP contribution in [0.4, 0.5) is 9.93 Å². The zero-order valence-corrected chi connectivity index (χ0v) is 21.4. The maximum absolute atomic E-state index is 13.5. The van der Waals surface area contributed by atoms with Gasteiger partial charge in [0.2, 0.25) is 0 Å². The van der Waals surface area contributed by atoms with E-state index >= 15 is 0 Å². The number of thiazole rings is 1. The molecule has 10 heteroatoms. The smallest absolute Gasteiger partial charge is 0.325 e. The fourth-order valence-corrected chi connectivity index (χ4v) is 4.87. The number of ether oxygens (including phenoxy) is 1. The Morgan fingerprint density at radius 3 is 2.50 bits per heavy atom. The van der Waals surface area contributed by atoms with Gasteiger partial charge < -0.3 is 20.3 Å². The second-order valence-electron chi connectivity index (χ2n) is 8.75. The van der Waals surface area contributed by atoms with Crippen LogP contribution in [0.3, 0.4) is 0 Å². The van der Waals surface area contributed by atoms with Crippen molar-refractivity contribution in [1.82, 2.24) is 20.1 Å². The largest absolute Gasteiger partial charge is 0.497 e. The number of aromatic nitrogens is 1. The first-order valence-corrected chi connectivity index (χ1v) is 12.4. The van der Waals surface area contributed by atoms with Crippen molar-refractivity contribution in [2.75, 3.05) is 33.1 Å². The van der Waals surface area contributed by atoms with Gasteiger partial charge in [0.15, 0.2) is 5.13 Å². The molecule has 1 aromatic heterocycles. The maximum Gasteiger partial charge on any atom is 0.325 e. The predicted molar refractivity (Wildman–Crippen MR) is 138 cm³/mol. The first kappa shape index (κ1) is 25.2. The van der Waals surface area contributed by atoms with Gasteiger partial charge in [0.25, 0.3) is 11.8 Å². The Kier molecular flexibility index (Phi) is 7.54. The molecule has 3 aromatic rings. The molecular formula is C26H29N5O4S. The Balaban J connectivity index is 1.59. The third kappa shape index (κ3) is 5.18. The number of nitrogens with one attached hydrogen (secondary N) is 2. The third-order valence-electron chi connectivity index (χ3n) is 6.25. The van der Waals surface area contributed by atoms with Crippen molar-refractivity contribution in [3.8, 4) is 5.75 Å².